The second kappa shape index (κ2) is 7.94. The van der Waals surface area contributed by atoms with Gasteiger partial charge in [0, 0.05) is 19.7 Å². The maximum atomic E-state index is 5.67. The summed E-state index contributed by atoms with van der Waals surface area (Å²) < 4.78 is 11.2. The number of hydrogen-bond donors (Lipinski definition) is 2. The Labute approximate surface area is 125 Å². The van der Waals surface area contributed by atoms with Crippen LogP contribution in [-0.4, -0.2) is 47.4 Å². The summed E-state index contributed by atoms with van der Waals surface area (Å²) >= 11 is 0. The highest BCUT2D eigenvalue weighted by Crippen LogP contribution is 2.19. The SMILES string of the molecule is CCCOc1nc(NN)nc(N(CC)CC2CCCO2)n1. The number of nitrogen functional groups attached to an aromatic ring is 1. The zero-order chi connectivity index (χ0) is 15.1. The minimum Gasteiger partial charge on any atom is -0.463 e. The second-order valence-electron chi connectivity index (χ2n) is 4.91. The van der Waals surface area contributed by atoms with Crippen molar-refractivity contribution in [3.8, 4) is 6.01 Å². The normalized spacial score (nSPS) is 17.8. The number of hydrogen-bond acceptors (Lipinski definition) is 8. The van der Waals surface area contributed by atoms with Crippen molar-refractivity contribution >= 4 is 11.9 Å². The van der Waals surface area contributed by atoms with Crippen molar-refractivity contribution in [2.75, 3.05) is 36.6 Å². The summed E-state index contributed by atoms with van der Waals surface area (Å²) in [5.74, 6) is 6.28. The minimum atomic E-state index is 0.232. The van der Waals surface area contributed by atoms with Crippen LogP contribution in [0.15, 0.2) is 0 Å². The van der Waals surface area contributed by atoms with Crippen LogP contribution in [0.5, 0.6) is 6.01 Å². The van der Waals surface area contributed by atoms with Crippen molar-refractivity contribution in [2.24, 2.45) is 5.84 Å². The third-order valence-corrected chi connectivity index (χ3v) is 3.28. The molecule has 0 aliphatic carbocycles. The standard InChI is InChI=1S/C13H24N6O2/c1-3-7-21-13-16-11(18-14)15-12(17-13)19(4-2)9-10-6-5-8-20-10/h10H,3-9,14H2,1-2H3,(H,15,16,17,18). The van der Waals surface area contributed by atoms with E-state index < -0.39 is 0 Å². The molecule has 0 saturated carbocycles. The molecule has 1 aromatic heterocycles. The average Bonchev–Trinajstić information content (AvgIpc) is 3.03. The Balaban J connectivity index is 2.13. The number of nitrogens with one attached hydrogen (secondary N) is 1. The lowest BCUT2D eigenvalue weighted by molar-refractivity contribution is 0.115. The van der Waals surface area contributed by atoms with Gasteiger partial charge >= 0.3 is 6.01 Å². The van der Waals surface area contributed by atoms with Gasteiger partial charge in [0.1, 0.15) is 0 Å². The maximum absolute atomic E-state index is 5.67. The molecule has 21 heavy (non-hydrogen) atoms. The highest BCUT2D eigenvalue weighted by atomic mass is 16.5. The topological polar surface area (TPSA) is 98.4 Å². The third-order valence-electron chi connectivity index (χ3n) is 3.28. The summed E-state index contributed by atoms with van der Waals surface area (Å²) in [6, 6.07) is 0.292. The lowest BCUT2D eigenvalue weighted by Gasteiger charge is -2.24. The van der Waals surface area contributed by atoms with Gasteiger partial charge in [-0.2, -0.15) is 15.0 Å². The van der Waals surface area contributed by atoms with Crippen LogP contribution in [0.2, 0.25) is 0 Å². The molecule has 0 spiro atoms. The molecule has 2 rings (SSSR count). The molecule has 1 saturated heterocycles. The molecule has 0 amide bonds. The second-order valence-corrected chi connectivity index (χ2v) is 4.91. The van der Waals surface area contributed by atoms with E-state index in [1.165, 1.54) is 0 Å². The van der Waals surface area contributed by atoms with Gasteiger partial charge in [-0.05, 0) is 26.2 Å². The summed E-state index contributed by atoms with van der Waals surface area (Å²) in [6.07, 6.45) is 3.30. The molecule has 1 aliphatic rings. The van der Waals surface area contributed by atoms with Crippen molar-refractivity contribution in [3.63, 3.8) is 0 Å². The van der Waals surface area contributed by atoms with Crippen molar-refractivity contribution in [3.05, 3.63) is 0 Å². The number of nitrogens with zero attached hydrogens (tertiary/aromatic N) is 4. The van der Waals surface area contributed by atoms with Gasteiger partial charge in [0.2, 0.25) is 11.9 Å². The van der Waals surface area contributed by atoms with Gasteiger partial charge < -0.3 is 14.4 Å². The van der Waals surface area contributed by atoms with Gasteiger partial charge in [-0.25, -0.2) is 5.84 Å². The van der Waals surface area contributed by atoms with Crippen molar-refractivity contribution in [2.45, 2.75) is 39.2 Å². The Morgan fingerprint density at radius 2 is 2.24 bits per heavy atom. The number of nitrogens with two attached hydrogens (primary N) is 1. The van der Waals surface area contributed by atoms with E-state index >= 15 is 0 Å². The Morgan fingerprint density at radius 3 is 2.86 bits per heavy atom. The summed E-state index contributed by atoms with van der Waals surface area (Å²) in [4.78, 5) is 14.8. The Morgan fingerprint density at radius 1 is 1.38 bits per heavy atom. The van der Waals surface area contributed by atoms with Crippen molar-refractivity contribution < 1.29 is 9.47 Å². The first-order valence-electron chi connectivity index (χ1n) is 7.48. The van der Waals surface area contributed by atoms with Crippen LogP contribution in [0.25, 0.3) is 0 Å². The van der Waals surface area contributed by atoms with E-state index in [1.807, 2.05) is 6.92 Å². The maximum Gasteiger partial charge on any atom is 0.323 e. The molecule has 2 heterocycles. The number of aromatic nitrogens is 3. The number of ether oxygens (including phenoxy) is 2. The highest BCUT2D eigenvalue weighted by Gasteiger charge is 2.21. The summed E-state index contributed by atoms with van der Waals surface area (Å²) in [7, 11) is 0. The number of anilines is 2. The Kier molecular flexibility index (Phi) is 5.94. The van der Waals surface area contributed by atoms with Crippen LogP contribution in [0.3, 0.4) is 0 Å². The van der Waals surface area contributed by atoms with Gasteiger partial charge in [0.25, 0.3) is 0 Å². The lowest BCUT2D eigenvalue weighted by Crippen LogP contribution is -2.33. The van der Waals surface area contributed by atoms with Crippen LogP contribution in [-0.2, 0) is 4.74 Å². The van der Waals surface area contributed by atoms with Crippen LogP contribution < -0.4 is 20.9 Å². The predicted molar refractivity (Wildman–Crippen MR) is 80.3 cm³/mol. The minimum absolute atomic E-state index is 0.232. The van der Waals surface area contributed by atoms with E-state index in [0.29, 0.717) is 24.5 Å². The van der Waals surface area contributed by atoms with Crippen LogP contribution in [0.1, 0.15) is 33.1 Å². The van der Waals surface area contributed by atoms with Crippen LogP contribution in [0, 0.1) is 0 Å². The first-order chi connectivity index (χ1) is 10.3. The first kappa shape index (κ1) is 15.7. The summed E-state index contributed by atoms with van der Waals surface area (Å²) in [5.41, 5.74) is 2.46. The number of hydrazine groups is 1. The molecule has 0 radical (unpaired) electrons. The zero-order valence-corrected chi connectivity index (χ0v) is 12.7. The van der Waals surface area contributed by atoms with E-state index in [9.17, 15) is 0 Å². The van der Waals surface area contributed by atoms with E-state index in [-0.39, 0.29) is 6.10 Å². The molecule has 1 aromatic rings. The molecule has 8 nitrogen and oxygen atoms in total. The average molecular weight is 296 g/mol. The van der Waals surface area contributed by atoms with Gasteiger partial charge in [0.05, 0.1) is 12.7 Å². The molecule has 8 heteroatoms. The van der Waals surface area contributed by atoms with Gasteiger partial charge in [0.15, 0.2) is 0 Å². The van der Waals surface area contributed by atoms with Crippen molar-refractivity contribution in [1.82, 2.24) is 15.0 Å². The van der Waals surface area contributed by atoms with E-state index in [4.69, 9.17) is 15.3 Å². The molecule has 1 atom stereocenters. The molecular formula is C13H24N6O2. The molecule has 118 valence electrons. The monoisotopic (exact) mass is 296 g/mol. The predicted octanol–water partition coefficient (Wildman–Crippen LogP) is 0.951. The van der Waals surface area contributed by atoms with Gasteiger partial charge in [-0.3, -0.25) is 5.43 Å². The largest absolute Gasteiger partial charge is 0.463 e. The van der Waals surface area contributed by atoms with E-state index in [2.05, 4.69) is 32.2 Å². The number of rotatable bonds is 8. The number of likely N-dealkylation sites (N-methyl/N-ethyl adjacent to an activating group) is 1. The fourth-order valence-corrected chi connectivity index (χ4v) is 2.20. The fourth-order valence-electron chi connectivity index (χ4n) is 2.20. The fraction of sp³-hybridized carbons (Fsp3) is 0.769. The Hall–Kier alpha value is -1.67. The van der Waals surface area contributed by atoms with Gasteiger partial charge in [-0.15, -0.1) is 0 Å². The van der Waals surface area contributed by atoms with Crippen molar-refractivity contribution in [1.29, 1.82) is 0 Å². The lowest BCUT2D eigenvalue weighted by atomic mass is 10.2. The highest BCUT2D eigenvalue weighted by molar-refractivity contribution is 5.37. The molecule has 0 aromatic carbocycles. The van der Waals surface area contributed by atoms with Gasteiger partial charge in [-0.1, -0.05) is 6.92 Å². The molecule has 3 N–H and O–H groups in total. The molecule has 0 bridgehead atoms. The quantitative estimate of drug-likeness (QED) is 0.540. The molecule has 1 aliphatic heterocycles. The molecule has 1 fully saturated rings. The molecule has 1 unspecified atom stereocenters. The first-order valence-corrected chi connectivity index (χ1v) is 7.48. The smallest absolute Gasteiger partial charge is 0.323 e. The third kappa shape index (κ3) is 4.40. The van der Waals surface area contributed by atoms with Crippen LogP contribution >= 0.6 is 0 Å². The molecular weight excluding hydrogens is 272 g/mol. The van der Waals surface area contributed by atoms with E-state index in [1.54, 1.807) is 0 Å². The zero-order valence-electron chi connectivity index (χ0n) is 12.7. The summed E-state index contributed by atoms with van der Waals surface area (Å²) in [6.45, 7) is 7.02. The van der Waals surface area contributed by atoms with Crippen LogP contribution in [0.4, 0.5) is 11.9 Å². The summed E-state index contributed by atoms with van der Waals surface area (Å²) in [5, 5.41) is 0. The van der Waals surface area contributed by atoms with E-state index in [0.717, 1.165) is 39.0 Å². The Bertz CT molecular complexity index is 439.